The lowest BCUT2D eigenvalue weighted by atomic mass is 10.1. The van der Waals surface area contributed by atoms with Gasteiger partial charge in [0.1, 0.15) is 0 Å². The number of carboxylic acid groups (broad SMARTS) is 2. The molecule has 1 amide bonds. The van der Waals surface area contributed by atoms with Crippen molar-refractivity contribution in [3.05, 3.63) is 41.5 Å². The summed E-state index contributed by atoms with van der Waals surface area (Å²) in [7, 11) is 6.11. The minimum absolute atomic E-state index is 0.00796. The number of carboxylic acids is 2. The summed E-state index contributed by atoms with van der Waals surface area (Å²) in [5.41, 5.74) is 1.47. The molecule has 1 heterocycles. The first-order valence-corrected chi connectivity index (χ1v) is 10.8. The number of hydrogen-bond donors (Lipinski definition) is 3. The summed E-state index contributed by atoms with van der Waals surface area (Å²) in [6, 6.07) is 8.92. The molecule has 1 fully saturated rings. The standard InChI is InChI=1S/C22H28N2O6.C2H2O4/c1-27-17-7-5-6-16(21(17)30-4)22(26)24-10-8-23(9-11-24)14-15-12-18(28-2)20(25)19(13-15)29-3;3-1(4)2(5)6/h5-7,12-13,25H,8-11,14H2,1-4H3;(H,3,4)(H,5,6). The molecule has 0 atom stereocenters. The van der Waals surface area contributed by atoms with Gasteiger partial charge in [0.05, 0.1) is 34.0 Å². The van der Waals surface area contributed by atoms with Crippen molar-refractivity contribution in [2.75, 3.05) is 54.6 Å². The van der Waals surface area contributed by atoms with Gasteiger partial charge in [-0.15, -0.1) is 0 Å². The lowest BCUT2D eigenvalue weighted by molar-refractivity contribution is -0.159. The molecule has 0 spiro atoms. The van der Waals surface area contributed by atoms with Crippen LogP contribution in [0.4, 0.5) is 0 Å². The van der Waals surface area contributed by atoms with Crippen LogP contribution < -0.4 is 18.9 Å². The zero-order chi connectivity index (χ0) is 26.8. The smallest absolute Gasteiger partial charge is 0.414 e. The van der Waals surface area contributed by atoms with Gasteiger partial charge in [-0.1, -0.05) is 6.07 Å². The molecule has 12 heteroatoms. The summed E-state index contributed by atoms with van der Waals surface area (Å²) in [4.78, 5) is 35.3. The molecule has 2 aromatic rings. The van der Waals surface area contributed by atoms with Crippen LogP contribution in [0.3, 0.4) is 0 Å². The zero-order valence-corrected chi connectivity index (χ0v) is 20.5. The summed E-state index contributed by atoms with van der Waals surface area (Å²) in [6.07, 6.45) is 0. The van der Waals surface area contributed by atoms with Crippen molar-refractivity contribution in [3.8, 4) is 28.7 Å². The van der Waals surface area contributed by atoms with Crippen LogP contribution in [0.1, 0.15) is 15.9 Å². The van der Waals surface area contributed by atoms with E-state index in [0.717, 1.165) is 18.7 Å². The quantitative estimate of drug-likeness (QED) is 0.468. The number of phenolic OH excluding ortho intramolecular Hbond substituents is 1. The molecular weight excluding hydrogens is 476 g/mol. The molecule has 3 N–H and O–H groups in total. The highest BCUT2D eigenvalue weighted by Gasteiger charge is 2.26. The van der Waals surface area contributed by atoms with Crippen molar-refractivity contribution in [1.82, 2.24) is 9.80 Å². The first-order valence-electron chi connectivity index (χ1n) is 10.8. The number of amides is 1. The first kappa shape index (κ1) is 28.1. The van der Waals surface area contributed by atoms with Crippen LogP contribution in [0, 0.1) is 0 Å². The number of carbonyl (C=O) groups is 3. The van der Waals surface area contributed by atoms with Crippen LogP contribution in [-0.2, 0) is 16.1 Å². The van der Waals surface area contributed by atoms with Crippen LogP contribution in [0.25, 0.3) is 0 Å². The number of rotatable bonds is 7. The van der Waals surface area contributed by atoms with Crippen molar-refractivity contribution < 1.29 is 48.7 Å². The minimum Gasteiger partial charge on any atom is -0.502 e. The van der Waals surface area contributed by atoms with Gasteiger partial charge in [0, 0.05) is 32.7 Å². The number of hydrogen-bond acceptors (Lipinski definition) is 9. The molecule has 0 unspecified atom stereocenters. The number of carbonyl (C=O) groups excluding carboxylic acids is 1. The number of para-hydroxylation sites is 1. The molecule has 3 rings (SSSR count). The third kappa shape index (κ3) is 6.92. The molecule has 0 radical (unpaired) electrons. The van der Waals surface area contributed by atoms with Crippen LogP contribution in [0.5, 0.6) is 28.7 Å². The third-order valence-corrected chi connectivity index (χ3v) is 5.42. The average molecular weight is 507 g/mol. The minimum atomic E-state index is -1.82. The number of methoxy groups -OCH3 is 4. The van der Waals surface area contributed by atoms with Crippen LogP contribution >= 0.6 is 0 Å². The number of ether oxygens (including phenoxy) is 4. The van der Waals surface area contributed by atoms with E-state index in [-0.39, 0.29) is 11.7 Å². The molecule has 12 nitrogen and oxygen atoms in total. The number of nitrogens with zero attached hydrogens (tertiary/aromatic N) is 2. The molecule has 1 aliphatic rings. The van der Waals surface area contributed by atoms with Gasteiger partial charge in [-0.3, -0.25) is 9.69 Å². The molecule has 36 heavy (non-hydrogen) atoms. The van der Waals surface area contributed by atoms with E-state index >= 15 is 0 Å². The molecule has 1 saturated heterocycles. The van der Waals surface area contributed by atoms with E-state index in [1.165, 1.54) is 21.3 Å². The van der Waals surface area contributed by atoms with Gasteiger partial charge < -0.3 is 39.2 Å². The van der Waals surface area contributed by atoms with E-state index in [0.29, 0.717) is 48.2 Å². The maximum atomic E-state index is 13.0. The predicted molar refractivity (Wildman–Crippen MR) is 127 cm³/mol. The van der Waals surface area contributed by atoms with Crippen molar-refractivity contribution in [3.63, 3.8) is 0 Å². The Bertz CT molecular complexity index is 1040. The number of piperazine rings is 1. The average Bonchev–Trinajstić information content (AvgIpc) is 2.89. The van der Waals surface area contributed by atoms with Gasteiger partial charge in [-0.05, 0) is 29.8 Å². The van der Waals surface area contributed by atoms with Gasteiger partial charge in [-0.2, -0.15) is 0 Å². The Hall–Kier alpha value is -4.19. The second kappa shape index (κ2) is 13.0. The molecule has 2 aromatic carbocycles. The maximum absolute atomic E-state index is 13.0. The van der Waals surface area contributed by atoms with Crippen molar-refractivity contribution in [1.29, 1.82) is 0 Å². The van der Waals surface area contributed by atoms with E-state index in [2.05, 4.69) is 4.90 Å². The van der Waals surface area contributed by atoms with Crippen molar-refractivity contribution in [2.45, 2.75) is 6.54 Å². The Kier molecular flexibility index (Phi) is 10.2. The SMILES string of the molecule is COc1cc(CN2CCN(C(=O)c3cccc(OC)c3OC)CC2)cc(OC)c1O.O=C(O)C(=O)O. The van der Waals surface area contributed by atoms with Gasteiger partial charge in [-0.25, -0.2) is 9.59 Å². The molecule has 0 saturated carbocycles. The largest absolute Gasteiger partial charge is 0.502 e. The molecule has 0 aliphatic carbocycles. The highest BCUT2D eigenvalue weighted by atomic mass is 16.5. The highest BCUT2D eigenvalue weighted by Crippen LogP contribution is 2.37. The zero-order valence-electron chi connectivity index (χ0n) is 20.5. The summed E-state index contributed by atoms with van der Waals surface area (Å²) in [5, 5.41) is 24.9. The number of aliphatic carboxylic acids is 2. The van der Waals surface area contributed by atoms with Gasteiger partial charge in [0.25, 0.3) is 5.91 Å². The van der Waals surface area contributed by atoms with Crippen LogP contribution in [-0.4, -0.2) is 97.6 Å². The Labute approximate surface area is 208 Å². The fourth-order valence-electron chi connectivity index (χ4n) is 3.63. The molecular formula is C24H30N2O10. The number of benzene rings is 2. The molecule has 196 valence electrons. The third-order valence-electron chi connectivity index (χ3n) is 5.42. The lowest BCUT2D eigenvalue weighted by Gasteiger charge is -2.35. The molecule has 1 aliphatic heterocycles. The second-order valence-corrected chi connectivity index (χ2v) is 7.57. The van der Waals surface area contributed by atoms with Crippen LogP contribution in [0.2, 0.25) is 0 Å². The summed E-state index contributed by atoms with van der Waals surface area (Å²) in [5.74, 6) is -1.98. The Morgan fingerprint density at radius 1 is 0.806 bits per heavy atom. The predicted octanol–water partition coefficient (Wildman–Crippen LogP) is 1.54. The Morgan fingerprint density at radius 2 is 1.33 bits per heavy atom. The van der Waals surface area contributed by atoms with E-state index in [1.807, 2.05) is 4.90 Å². The fraction of sp³-hybridized carbons (Fsp3) is 0.375. The molecule has 0 aromatic heterocycles. The second-order valence-electron chi connectivity index (χ2n) is 7.57. The normalized spacial score (nSPS) is 13.2. The maximum Gasteiger partial charge on any atom is 0.414 e. The monoisotopic (exact) mass is 506 g/mol. The van der Waals surface area contributed by atoms with Crippen molar-refractivity contribution in [2.24, 2.45) is 0 Å². The van der Waals surface area contributed by atoms with E-state index in [1.54, 1.807) is 37.4 Å². The number of phenols is 1. The van der Waals surface area contributed by atoms with Gasteiger partial charge >= 0.3 is 11.9 Å². The van der Waals surface area contributed by atoms with E-state index < -0.39 is 11.9 Å². The van der Waals surface area contributed by atoms with Gasteiger partial charge in [0.2, 0.25) is 5.75 Å². The Morgan fingerprint density at radius 3 is 1.78 bits per heavy atom. The topological polar surface area (TPSA) is 155 Å². The van der Waals surface area contributed by atoms with E-state index in [9.17, 15) is 9.90 Å². The molecule has 0 bridgehead atoms. The summed E-state index contributed by atoms with van der Waals surface area (Å²) < 4.78 is 21.2. The number of aromatic hydroxyl groups is 1. The van der Waals surface area contributed by atoms with Crippen molar-refractivity contribution >= 4 is 17.8 Å². The van der Waals surface area contributed by atoms with Crippen LogP contribution in [0.15, 0.2) is 30.3 Å². The highest BCUT2D eigenvalue weighted by molar-refractivity contribution is 6.27. The van der Waals surface area contributed by atoms with Gasteiger partial charge in [0.15, 0.2) is 23.0 Å². The summed E-state index contributed by atoms with van der Waals surface area (Å²) >= 11 is 0. The fourth-order valence-corrected chi connectivity index (χ4v) is 3.63. The first-order chi connectivity index (χ1) is 17.2. The lowest BCUT2D eigenvalue weighted by Crippen LogP contribution is -2.48. The Balaban J connectivity index is 0.000000678. The summed E-state index contributed by atoms with van der Waals surface area (Å²) in [6.45, 7) is 3.32. The van der Waals surface area contributed by atoms with E-state index in [4.69, 9.17) is 38.7 Å².